The van der Waals surface area contributed by atoms with Crippen LogP contribution < -0.4 is 4.74 Å². The normalized spacial score (nSPS) is 17.1. The van der Waals surface area contributed by atoms with Crippen molar-refractivity contribution in [1.82, 2.24) is 24.7 Å². The highest BCUT2D eigenvalue weighted by Crippen LogP contribution is 2.23. The lowest BCUT2D eigenvalue weighted by molar-refractivity contribution is -0.0950. The third kappa shape index (κ3) is 4.17. The molecule has 1 fully saturated rings. The summed E-state index contributed by atoms with van der Waals surface area (Å²) in [5.74, 6) is 2.39. The van der Waals surface area contributed by atoms with Crippen LogP contribution in [-0.4, -0.2) is 51.7 Å². The largest absolute Gasteiger partial charge is 0.496 e. The lowest BCUT2D eigenvalue weighted by atomic mass is 10.1. The number of para-hydroxylation sites is 1. The van der Waals surface area contributed by atoms with Crippen LogP contribution in [0, 0.1) is 0 Å². The lowest BCUT2D eigenvalue weighted by Crippen LogP contribution is -2.25. The smallest absolute Gasteiger partial charge is 0.158 e. The maximum absolute atomic E-state index is 5.86. The van der Waals surface area contributed by atoms with Gasteiger partial charge in [-0.15, -0.1) is 0 Å². The summed E-state index contributed by atoms with van der Waals surface area (Å²) in [7, 11) is 1.67. The molecule has 1 saturated heterocycles. The van der Waals surface area contributed by atoms with Crippen LogP contribution in [0.4, 0.5) is 0 Å². The molecule has 8 heteroatoms. The number of benzene rings is 1. The number of ether oxygens (including phenoxy) is 3. The Bertz CT molecular complexity index is 856. The van der Waals surface area contributed by atoms with Crippen molar-refractivity contribution in [2.24, 2.45) is 0 Å². The fraction of sp³-hybridized carbons (Fsp3) is 0.421. The van der Waals surface area contributed by atoms with E-state index >= 15 is 0 Å². The van der Waals surface area contributed by atoms with E-state index in [-0.39, 0.29) is 6.10 Å². The fourth-order valence-electron chi connectivity index (χ4n) is 3.18. The van der Waals surface area contributed by atoms with Crippen LogP contribution in [0.3, 0.4) is 0 Å². The first-order valence-electron chi connectivity index (χ1n) is 9.05. The monoisotopic (exact) mass is 369 g/mol. The van der Waals surface area contributed by atoms with Crippen molar-refractivity contribution in [3.8, 4) is 5.75 Å². The van der Waals surface area contributed by atoms with Crippen molar-refractivity contribution >= 4 is 0 Å². The van der Waals surface area contributed by atoms with E-state index in [1.165, 1.54) is 0 Å². The van der Waals surface area contributed by atoms with E-state index in [1.54, 1.807) is 13.4 Å². The summed E-state index contributed by atoms with van der Waals surface area (Å²) in [5, 5.41) is 4.74. The Morgan fingerprint density at radius 2 is 2.22 bits per heavy atom. The van der Waals surface area contributed by atoms with Crippen LogP contribution in [0.15, 0.2) is 36.8 Å². The van der Waals surface area contributed by atoms with Crippen molar-refractivity contribution in [2.45, 2.75) is 25.5 Å². The molecule has 4 rings (SSSR count). The number of hydrogen-bond donors (Lipinski definition) is 1. The number of aromatic nitrogens is 5. The molecule has 0 amide bonds. The van der Waals surface area contributed by atoms with Crippen molar-refractivity contribution in [3.05, 3.63) is 59.7 Å². The molecule has 8 nitrogen and oxygen atoms in total. The van der Waals surface area contributed by atoms with E-state index in [4.69, 9.17) is 24.3 Å². The molecule has 1 N–H and O–H groups in total. The third-order valence-electron chi connectivity index (χ3n) is 4.54. The Hall–Kier alpha value is -2.71. The number of aromatic amines is 1. The van der Waals surface area contributed by atoms with Gasteiger partial charge >= 0.3 is 0 Å². The number of aryl methyl sites for hydroxylation is 2. The molecule has 27 heavy (non-hydrogen) atoms. The van der Waals surface area contributed by atoms with Gasteiger partial charge in [0, 0.05) is 36.8 Å². The van der Waals surface area contributed by atoms with Crippen molar-refractivity contribution < 1.29 is 14.2 Å². The zero-order valence-electron chi connectivity index (χ0n) is 15.3. The minimum Gasteiger partial charge on any atom is -0.496 e. The standard InChI is InChI=1S/C19H23N5O3/c1-25-16-5-3-2-4-14(16)10-18-22-19(17-12-26-8-9-27-17)24(23-18)7-6-15-11-20-13-21-15/h2-5,11,13,17H,6-10,12H2,1H3,(H,20,21)/t17-/m0/s1. The molecule has 3 heterocycles. The highest BCUT2D eigenvalue weighted by atomic mass is 16.6. The number of methoxy groups -OCH3 is 1. The Labute approximate surface area is 157 Å². The molecular weight excluding hydrogens is 346 g/mol. The van der Waals surface area contributed by atoms with Gasteiger partial charge in [-0.3, -0.25) is 0 Å². The number of imidazole rings is 1. The first-order valence-corrected chi connectivity index (χ1v) is 9.05. The number of H-pyrrole nitrogens is 1. The highest BCUT2D eigenvalue weighted by molar-refractivity contribution is 5.35. The predicted octanol–water partition coefficient (Wildman–Crippen LogP) is 1.93. The minimum atomic E-state index is -0.195. The summed E-state index contributed by atoms with van der Waals surface area (Å²) in [6, 6.07) is 7.93. The van der Waals surface area contributed by atoms with Gasteiger partial charge in [-0.1, -0.05) is 18.2 Å². The summed E-state index contributed by atoms with van der Waals surface area (Å²) < 4.78 is 18.8. The average molecular weight is 369 g/mol. The maximum Gasteiger partial charge on any atom is 0.158 e. The van der Waals surface area contributed by atoms with E-state index < -0.39 is 0 Å². The molecule has 0 bridgehead atoms. The second-order valence-corrected chi connectivity index (χ2v) is 6.36. The first-order chi connectivity index (χ1) is 13.3. The minimum absolute atomic E-state index is 0.195. The molecule has 1 aromatic carbocycles. The molecule has 142 valence electrons. The van der Waals surface area contributed by atoms with E-state index in [0.717, 1.165) is 35.1 Å². The predicted molar refractivity (Wildman–Crippen MR) is 97.6 cm³/mol. The van der Waals surface area contributed by atoms with Crippen LogP contribution in [0.5, 0.6) is 5.75 Å². The van der Waals surface area contributed by atoms with Crippen LogP contribution in [0.1, 0.15) is 29.0 Å². The molecule has 0 radical (unpaired) electrons. The molecule has 1 aliphatic heterocycles. The Kier molecular flexibility index (Phi) is 5.45. The SMILES string of the molecule is COc1ccccc1Cc1nc([C@@H]2COCCO2)n(CCc2cnc[nH]2)n1. The van der Waals surface area contributed by atoms with E-state index in [2.05, 4.69) is 9.97 Å². The molecular formula is C19H23N5O3. The van der Waals surface area contributed by atoms with Gasteiger partial charge in [0.15, 0.2) is 11.6 Å². The molecule has 0 unspecified atom stereocenters. The summed E-state index contributed by atoms with van der Waals surface area (Å²) in [6.07, 6.45) is 4.70. The summed E-state index contributed by atoms with van der Waals surface area (Å²) in [5.41, 5.74) is 2.11. The van der Waals surface area contributed by atoms with Crippen molar-refractivity contribution in [1.29, 1.82) is 0 Å². The number of hydrogen-bond acceptors (Lipinski definition) is 6. The van der Waals surface area contributed by atoms with Gasteiger partial charge < -0.3 is 19.2 Å². The molecule has 1 atom stereocenters. The number of rotatable bonds is 7. The van der Waals surface area contributed by atoms with E-state index in [9.17, 15) is 0 Å². The summed E-state index contributed by atoms with van der Waals surface area (Å²) in [4.78, 5) is 12.0. The van der Waals surface area contributed by atoms with Gasteiger partial charge in [0.1, 0.15) is 11.9 Å². The van der Waals surface area contributed by atoms with Crippen molar-refractivity contribution in [2.75, 3.05) is 26.9 Å². The second kappa shape index (κ2) is 8.32. The Morgan fingerprint density at radius 1 is 1.30 bits per heavy atom. The van der Waals surface area contributed by atoms with Gasteiger partial charge in [-0.25, -0.2) is 14.6 Å². The van der Waals surface area contributed by atoms with Gasteiger partial charge in [0.2, 0.25) is 0 Å². The van der Waals surface area contributed by atoms with E-state index in [1.807, 2.05) is 35.1 Å². The Morgan fingerprint density at radius 3 is 3.00 bits per heavy atom. The molecule has 3 aromatic rings. The van der Waals surface area contributed by atoms with Gasteiger partial charge in [-0.05, 0) is 6.07 Å². The van der Waals surface area contributed by atoms with Crippen LogP contribution in [0.25, 0.3) is 0 Å². The van der Waals surface area contributed by atoms with Gasteiger partial charge in [0.05, 0.1) is 33.3 Å². The second-order valence-electron chi connectivity index (χ2n) is 6.36. The molecule has 0 spiro atoms. The topological polar surface area (TPSA) is 87.1 Å². The highest BCUT2D eigenvalue weighted by Gasteiger charge is 2.24. The number of nitrogens with one attached hydrogen (secondary N) is 1. The van der Waals surface area contributed by atoms with E-state index in [0.29, 0.717) is 32.8 Å². The van der Waals surface area contributed by atoms with Crippen LogP contribution in [-0.2, 0) is 28.9 Å². The van der Waals surface area contributed by atoms with Gasteiger partial charge in [-0.2, -0.15) is 5.10 Å². The van der Waals surface area contributed by atoms with Crippen LogP contribution in [0.2, 0.25) is 0 Å². The molecule has 0 saturated carbocycles. The zero-order chi connectivity index (χ0) is 18.5. The quantitative estimate of drug-likeness (QED) is 0.685. The van der Waals surface area contributed by atoms with Crippen molar-refractivity contribution in [3.63, 3.8) is 0 Å². The molecule has 1 aliphatic rings. The maximum atomic E-state index is 5.86. The first kappa shape index (κ1) is 17.7. The fourth-order valence-corrected chi connectivity index (χ4v) is 3.18. The van der Waals surface area contributed by atoms with Gasteiger partial charge in [0.25, 0.3) is 0 Å². The Balaban J connectivity index is 1.58. The third-order valence-corrected chi connectivity index (χ3v) is 4.54. The lowest BCUT2D eigenvalue weighted by Gasteiger charge is -2.22. The molecule has 2 aromatic heterocycles. The number of nitrogens with zero attached hydrogens (tertiary/aromatic N) is 4. The summed E-state index contributed by atoms with van der Waals surface area (Å²) >= 11 is 0. The van der Waals surface area contributed by atoms with Crippen LogP contribution >= 0.6 is 0 Å². The zero-order valence-corrected chi connectivity index (χ0v) is 15.3. The summed E-state index contributed by atoms with van der Waals surface area (Å²) in [6.45, 7) is 2.37. The molecule has 0 aliphatic carbocycles. The average Bonchev–Trinajstić information content (AvgIpc) is 3.37.